The summed E-state index contributed by atoms with van der Waals surface area (Å²) in [6.07, 6.45) is 0.777. The van der Waals surface area contributed by atoms with E-state index in [4.69, 9.17) is 9.72 Å². The molecule has 2 unspecified atom stereocenters. The lowest BCUT2D eigenvalue weighted by Crippen LogP contribution is -2.56. The highest BCUT2D eigenvalue weighted by Crippen LogP contribution is 2.28. The molecule has 0 radical (unpaired) electrons. The average molecular weight is 576 g/mol. The van der Waals surface area contributed by atoms with Gasteiger partial charge in [0, 0.05) is 30.1 Å². The van der Waals surface area contributed by atoms with Crippen LogP contribution >= 0.6 is 15.9 Å². The zero-order chi connectivity index (χ0) is 26.6. The van der Waals surface area contributed by atoms with Gasteiger partial charge in [-0.1, -0.05) is 53.2 Å². The predicted molar refractivity (Wildman–Crippen MR) is 153 cm³/mol. The monoisotopic (exact) mass is 574 g/mol. The number of carbonyl (C=O) groups excluding carboxylic acids is 1. The van der Waals surface area contributed by atoms with Gasteiger partial charge in [0.05, 0.1) is 22.6 Å². The van der Waals surface area contributed by atoms with Crippen LogP contribution in [0.15, 0.2) is 88.1 Å². The molecule has 5 rings (SSSR count). The second-order valence-corrected chi connectivity index (χ2v) is 10.5. The molecule has 1 fully saturated rings. The maximum Gasteiger partial charge on any atom is 0.266 e. The summed E-state index contributed by atoms with van der Waals surface area (Å²) in [5, 5.41) is 0.594. The largest absolute Gasteiger partial charge is 0.484 e. The van der Waals surface area contributed by atoms with Crippen molar-refractivity contribution in [2.75, 3.05) is 26.2 Å². The highest BCUT2D eigenvalue weighted by molar-refractivity contribution is 9.10. The van der Waals surface area contributed by atoms with E-state index in [1.807, 2.05) is 83.8 Å². The van der Waals surface area contributed by atoms with Crippen molar-refractivity contribution < 1.29 is 9.53 Å². The van der Waals surface area contributed by atoms with E-state index in [1.54, 1.807) is 4.57 Å². The number of hydrogen-bond donors (Lipinski definition) is 0. The first kappa shape index (κ1) is 26.1. The molecular formula is C30H31BrN4O3. The van der Waals surface area contributed by atoms with Crippen LogP contribution in [0.1, 0.15) is 32.1 Å². The summed E-state index contributed by atoms with van der Waals surface area (Å²) in [7, 11) is 0. The van der Waals surface area contributed by atoms with Crippen LogP contribution < -0.4 is 10.3 Å². The molecule has 1 aliphatic rings. The van der Waals surface area contributed by atoms with Gasteiger partial charge in [0.1, 0.15) is 11.6 Å². The number of halogens is 1. The second kappa shape index (κ2) is 11.5. The fraction of sp³-hybridized carbons (Fsp3) is 0.300. The molecule has 196 valence electrons. The summed E-state index contributed by atoms with van der Waals surface area (Å²) < 4.78 is 8.40. The summed E-state index contributed by atoms with van der Waals surface area (Å²) in [6.45, 7) is 6.15. The Hall–Kier alpha value is -3.49. The number of aromatic nitrogens is 2. The van der Waals surface area contributed by atoms with Crippen LogP contribution in [0.25, 0.3) is 16.6 Å². The van der Waals surface area contributed by atoms with Crippen LogP contribution in [-0.4, -0.2) is 57.5 Å². The van der Waals surface area contributed by atoms with Crippen molar-refractivity contribution in [1.82, 2.24) is 19.4 Å². The number of carbonyl (C=O) groups is 1. The topological polar surface area (TPSA) is 67.7 Å². The number of rotatable bonds is 7. The predicted octanol–water partition coefficient (Wildman–Crippen LogP) is 5.21. The smallest absolute Gasteiger partial charge is 0.266 e. The van der Waals surface area contributed by atoms with Gasteiger partial charge in [0.25, 0.3) is 11.5 Å². The molecular weight excluding hydrogens is 544 g/mol. The third-order valence-electron chi connectivity index (χ3n) is 7.10. The van der Waals surface area contributed by atoms with Crippen molar-refractivity contribution in [2.45, 2.75) is 32.4 Å². The van der Waals surface area contributed by atoms with E-state index in [1.165, 1.54) is 0 Å². The molecule has 38 heavy (non-hydrogen) atoms. The van der Waals surface area contributed by atoms with Gasteiger partial charge < -0.3 is 9.64 Å². The Morgan fingerprint density at radius 3 is 2.45 bits per heavy atom. The zero-order valence-electron chi connectivity index (χ0n) is 21.6. The molecule has 4 aromatic rings. The van der Waals surface area contributed by atoms with E-state index in [9.17, 15) is 9.59 Å². The molecule has 2 heterocycles. The van der Waals surface area contributed by atoms with E-state index >= 15 is 0 Å². The lowest BCUT2D eigenvalue weighted by molar-refractivity contribution is -0.138. The van der Waals surface area contributed by atoms with Crippen molar-refractivity contribution in [3.8, 4) is 11.4 Å². The summed E-state index contributed by atoms with van der Waals surface area (Å²) in [4.78, 5) is 36.0. The summed E-state index contributed by atoms with van der Waals surface area (Å²) >= 11 is 3.50. The summed E-state index contributed by atoms with van der Waals surface area (Å²) in [5.41, 5.74) is 1.40. The van der Waals surface area contributed by atoms with Gasteiger partial charge in [0.15, 0.2) is 6.61 Å². The van der Waals surface area contributed by atoms with Gasteiger partial charge in [-0.05, 0) is 61.9 Å². The molecule has 0 spiro atoms. The molecule has 1 saturated heterocycles. The minimum absolute atomic E-state index is 0.00187. The van der Waals surface area contributed by atoms with E-state index in [2.05, 4.69) is 34.7 Å². The highest BCUT2D eigenvalue weighted by atomic mass is 79.9. The van der Waals surface area contributed by atoms with Crippen LogP contribution in [0.3, 0.4) is 0 Å². The third-order valence-corrected chi connectivity index (χ3v) is 7.63. The second-order valence-electron chi connectivity index (χ2n) is 9.56. The molecule has 2 atom stereocenters. The van der Waals surface area contributed by atoms with Crippen molar-refractivity contribution in [1.29, 1.82) is 0 Å². The molecule has 0 aliphatic carbocycles. The number of fused-ring (bicyclic) bond motifs is 1. The fourth-order valence-electron chi connectivity index (χ4n) is 5.20. The van der Waals surface area contributed by atoms with Crippen molar-refractivity contribution in [3.63, 3.8) is 0 Å². The lowest BCUT2D eigenvalue weighted by Gasteiger charge is -2.43. The van der Waals surface area contributed by atoms with E-state index in [0.29, 0.717) is 36.3 Å². The number of benzene rings is 3. The van der Waals surface area contributed by atoms with Crippen molar-refractivity contribution in [2.24, 2.45) is 0 Å². The standard InChI is InChI=1S/C30H31BrN4O3/c1-3-27(33-17-18-34(21(2)19-33)28(36)20-38-24-9-5-4-6-10-24)29-32-26-12-8-7-11-25(26)30(37)35(29)23-15-13-22(31)14-16-23/h4-16,21,27H,3,17-20H2,1-2H3. The van der Waals surface area contributed by atoms with Crippen LogP contribution in [0, 0.1) is 0 Å². The Labute approximate surface area is 230 Å². The first-order valence-electron chi connectivity index (χ1n) is 12.9. The highest BCUT2D eigenvalue weighted by Gasteiger charge is 2.33. The van der Waals surface area contributed by atoms with Crippen LogP contribution in [-0.2, 0) is 4.79 Å². The lowest BCUT2D eigenvalue weighted by atomic mass is 10.1. The average Bonchev–Trinajstić information content (AvgIpc) is 2.94. The van der Waals surface area contributed by atoms with E-state index in [-0.39, 0.29) is 30.2 Å². The van der Waals surface area contributed by atoms with Crippen LogP contribution in [0.5, 0.6) is 5.75 Å². The molecule has 7 nitrogen and oxygen atoms in total. The number of ether oxygens (including phenoxy) is 1. The van der Waals surface area contributed by atoms with Gasteiger partial charge in [-0.2, -0.15) is 0 Å². The maximum atomic E-state index is 13.8. The summed E-state index contributed by atoms with van der Waals surface area (Å²) in [5.74, 6) is 1.38. The molecule has 0 N–H and O–H groups in total. The number of piperazine rings is 1. The number of amides is 1. The first-order chi connectivity index (χ1) is 18.5. The Balaban J connectivity index is 1.41. The molecule has 8 heteroatoms. The van der Waals surface area contributed by atoms with Crippen molar-refractivity contribution in [3.05, 3.63) is 99.5 Å². The number of hydrogen-bond acceptors (Lipinski definition) is 5. The molecule has 1 aromatic heterocycles. The van der Waals surface area contributed by atoms with E-state index in [0.717, 1.165) is 22.4 Å². The SMILES string of the molecule is CCC(c1nc2ccccc2c(=O)n1-c1ccc(Br)cc1)N1CCN(C(=O)COc2ccccc2)C(C)C1. The minimum atomic E-state index is -0.0868. The fourth-order valence-corrected chi connectivity index (χ4v) is 5.47. The molecule has 3 aromatic carbocycles. The maximum absolute atomic E-state index is 13.8. The van der Waals surface area contributed by atoms with Crippen molar-refractivity contribution >= 4 is 32.7 Å². The van der Waals surface area contributed by atoms with Gasteiger partial charge >= 0.3 is 0 Å². The Morgan fingerprint density at radius 1 is 1.03 bits per heavy atom. The molecule has 0 bridgehead atoms. The van der Waals surface area contributed by atoms with E-state index < -0.39 is 0 Å². The molecule has 0 saturated carbocycles. The zero-order valence-corrected chi connectivity index (χ0v) is 23.2. The molecule has 1 aliphatic heterocycles. The quantitative estimate of drug-likeness (QED) is 0.303. The first-order valence-corrected chi connectivity index (χ1v) is 13.7. The minimum Gasteiger partial charge on any atom is -0.484 e. The Bertz CT molecular complexity index is 1470. The van der Waals surface area contributed by atoms with Crippen LogP contribution in [0.4, 0.5) is 0 Å². The van der Waals surface area contributed by atoms with Gasteiger partial charge in [0.2, 0.25) is 0 Å². The third kappa shape index (κ3) is 5.37. The molecule has 1 amide bonds. The number of nitrogens with zero attached hydrogens (tertiary/aromatic N) is 4. The normalized spacial score (nSPS) is 16.9. The van der Waals surface area contributed by atoms with Gasteiger partial charge in [-0.25, -0.2) is 4.98 Å². The Morgan fingerprint density at radius 2 is 1.74 bits per heavy atom. The Kier molecular flexibility index (Phi) is 7.90. The van der Waals surface area contributed by atoms with Crippen LogP contribution in [0.2, 0.25) is 0 Å². The number of para-hydroxylation sites is 2. The van der Waals surface area contributed by atoms with Gasteiger partial charge in [-0.15, -0.1) is 0 Å². The van der Waals surface area contributed by atoms with Gasteiger partial charge in [-0.3, -0.25) is 19.1 Å². The summed E-state index contributed by atoms with van der Waals surface area (Å²) in [6, 6.07) is 24.5.